The van der Waals surface area contributed by atoms with E-state index in [0.29, 0.717) is 36.6 Å². The first-order chi connectivity index (χ1) is 19.6. The van der Waals surface area contributed by atoms with Gasteiger partial charge in [0.25, 0.3) is 0 Å². The predicted molar refractivity (Wildman–Crippen MR) is 158 cm³/mol. The van der Waals surface area contributed by atoms with Crippen molar-refractivity contribution in [3.63, 3.8) is 0 Å². The molecule has 1 amide bonds. The Balaban J connectivity index is 1.86. The zero-order chi connectivity index (χ0) is 29.8. The summed E-state index contributed by atoms with van der Waals surface area (Å²) in [6.45, 7) is 9.27. The first kappa shape index (κ1) is 30.0. The summed E-state index contributed by atoms with van der Waals surface area (Å²) in [5.41, 5.74) is 20.5. The average molecular weight is 565 g/mol. The predicted octanol–water partition coefficient (Wildman–Crippen LogP) is 0.629. The number of aryl methyl sites for hydroxylation is 4. The minimum absolute atomic E-state index is 0.138. The Kier molecular flexibility index (Phi) is 9.28. The van der Waals surface area contributed by atoms with Gasteiger partial charge in [-0.25, -0.2) is 15.2 Å². The van der Waals surface area contributed by atoms with E-state index in [1.807, 2.05) is 45.9 Å². The molecule has 1 aromatic heterocycles. The molecule has 12 nitrogen and oxygen atoms in total. The molecular weight excluding hydrogens is 524 g/mol. The topological polar surface area (TPSA) is 177 Å². The molecule has 0 saturated carbocycles. The molecule has 8 N–H and O–H groups in total. The lowest BCUT2D eigenvalue weighted by molar-refractivity contribution is -0.123. The van der Waals surface area contributed by atoms with Crippen molar-refractivity contribution >= 4 is 11.6 Å². The first-order valence-corrected chi connectivity index (χ1v) is 13.7. The molecule has 1 aliphatic heterocycles. The number of ether oxygens (including phenoxy) is 2. The monoisotopic (exact) mass is 564 g/mol. The SMILES string of the molecule is CCOc1cc2c(cc1OC)-c1c/c(=N\c3c(C)cc(C)cc3C)n(CCNC(=O)C(NN)C(N)N)c(=O)n1CC2. The van der Waals surface area contributed by atoms with Crippen molar-refractivity contribution in [1.29, 1.82) is 0 Å². The summed E-state index contributed by atoms with van der Waals surface area (Å²) >= 11 is 0. The number of nitrogens with zero attached hydrogens (tertiary/aromatic N) is 3. The normalized spacial score (nSPS) is 13.5. The molecule has 2 aromatic carbocycles. The van der Waals surface area contributed by atoms with E-state index in [1.165, 1.54) is 0 Å². The van der Waals surface area contributed by atoms with Crippen LogP contribution in [-0.2, 0) is 24.3 Å². The van der Waals surface area contributed by atoms with Crippen LogP contribution in [0.3, 0.4) is 0 Å². The third-order valence-electron chi connectivity index (χ3n) is 7.21. The second kappa shape index (κ2) is 12.7. The van der Waals surface area contributed by atoms with Gasteiger partial charge in [0.2, 0.25) is 5.91 Å². The molecule has 4 rings (SSSR count). The highest BCUT2D eigenvalue weighted by atomic mass is 16.5. The van der Waals surface area contributed by atoms with Gasteiger partial charge >= 0.3 is 5.69 Å². The van der Waals surface area contributed by atoms with Crippen molar-refractivity contribution in [3.8, 4) is 22.8 Å². The summed E-state index contributed by atoms with van der Waals surface area (Å²) in [5.74, 6) is 6.23. The molecule has 0 radical (unpaired) electrons. The Morgan fingerprint density at radius 2 is 1.80 bits per heavy atom. The van der Waals surface area contributed by atoms with Gasteiger partial charge in [-0.3, -0.25) is 19.8 Å². The van der Waals surface area contributed by atoms with Crippen LogP contribution < -0.4 is 48.7 Å². The summed E-state index contributed by atoms with van der Waals surface area (Å²) in [7, 11) is 1.60. The van der Waals surface area contributed by atoms with E-state index in [1.54, 1.807) is 16.2 Å². The van der Waals surface area contributed by atoms with E-state index >= 15 is 0 Å². The summed E-state index contributed by atoms with van der Waals surface area (Å²) in [4.78, 5) is 31.5. The van der Waals surface area contributed by atoms with Crippen molar-refractivity contribution < 1.29 is 14.3 Å². The fourth-order valence-corrected chi connectivity index (χ4v) is 5.30. The van der Waals surface area contributed by atoms with Gasteiger partial charge in [-0.05, 0) is 62.9 Å². The number of hydrogen-bond acceptors (Lipinski definition) is 9. The van der Waals surface area contributed by atoms with Crippen LogP contribution in [0.1, 0.15) is 29.2 Å². The summed E-state index contributed by atoms with van der Waals surface area (Å²) in [5, 5.41) is 2.76. The van der Waals surface area contributed by atoms with E-state index in [2.05, 4.69) is 22.9 Å². The number of nitrogens with one attached hydrogen (secondary N) is 2. The zero-order valence-corrected chi connectivity index (χ0v) is 24.3. The van der Waals surface area contributed by atoms with Crippen LogP contribution >= 0.6 is 0 Å². The van der Waals surface area contributed by atoms with Crippen LogP contribution in [0.5, 0.6) is 11.5 Å². The van der Waals surface area contributed by atoms with Crippen molar-refractivity contribution in [2.24, 2.45) is 22.3 Å². The van der Waals surface area contributed by atoms with Crippen molar-refractivity contribution in [2.45, 2.75) is 59.4 Å². The second-order valence-corrected chi connectivity index (χ2v) is 10.2. The molecule has 0 fully saturated rings. The van der Waals surface area contributed by atoms with Gasteiger partial charge in [-0.1, -0.05) is 17.7 Å². The Morgan fingerprint density at radius 1 is 1.10 bits per heavy atom. The lowest BCUT2D eigenvalue weighted by atomic mass is 9.97. The Bertz CT molecular complexity index is 1550. The molecular formula is C29H40N8O4. The van der Waals surface area contributed by atoms with Gasteiger partial charge in [-0.2, -0.15) is 0 Å². The highest BCUT2D eigenvalue weighted by Gasteiger charge is 2.24. The molecule has 0 aliphatic carbocycles. The van der Waals surface area contributed by atoms with Gasteiger partial charge in [0, 0.05) is 31.3 Å². The Hall–Kier alpha value is -3.97. The van der Waals surface area contributed by atoms with Crippen LogP contribution in [0.4, 0.5) is 5.69 Å². The lowest BCUT2D eigenvalue weighted by Crippen LogP contribution is -2.60. The number of carbonyl (C=O) groups excluding carboxylic acids is 1. The molecule has 41 heavy (non-hydrogen) atoms. The smallest absolute Gasteiger partial charge is 0.330 e. The molecule has 2 heterocycles. The third kappa shape index (κ3) is 6.20. The number of amides is 1. The number of aromatic nitrogens is 2. The van der Waals surface area contributed by atoms with Gasteiger partial charge < -0.3 is 26.3 Å². The number of hydrogen-bond donors (Lipinski definition) is 5. The fraction of sp³-hybridized carbons (Fsp3) is 0.414. The number of nitrogens with two attached hydrogens (primary N) is 3. The van der Waals surface area contributed by atoms with Gasteiger partial charge in [0.1, 0.15) is 11.5 Å². The van der Waals surface area contributed by atoms with Crippen molar-refractivity contribution in [1.82, 2.24) is 19.9 Å². The van der Waals surface area contributed by atoms with E-state index in [9.17, 15) is 9.59 Å². The van der Waals surface area contributed by atoms with Gasteiger partial charge in [0.05, 0.1) is 31.3 Å². The maximum absolute atomic E-state index is 14.0. The summed E-state index contributed by atoms with van der Waals surface area (Å²) in [6.07, 6.45) is -0.339. The average Bonchev–Trinajstić information content (AvgIpc) is 2.92. The molecule has 1 aliphatic rings. The third-order valence-corrected chi connectivity index (χ3v) is 7.21. The summed E-state index contributed by atoms with van der Waals surface area (Å²) < 4.78 is 14.7. The number of fused-ring (bicyclic) bond motifs is 3. The second-order valence-electron chi connectivity index (χ2n) is 10.2. The molecule has 0 spiro atoms. The number of rotatable bonds is 10. The quantitative estimate of drug-likeness (QED) is 0.135. The number of methoxy groups -OCH3 is 1. The molecule has 3 aromatic rings. The van der Waals surface area contributed by atoms with E-state index in [-0.39, 0.29) is 18.8 Å². The van der Waals surface area contributed by atoms with Crippen LogP contribution in [0, 0.1) is 20.8 Å². The molecule has 1 unspecified atom stereocenters. The van der Waals surface area contributed by atoms with Crippen LogP contribution in [0.2, 0.25) is 0 Å². The minimum Gasteiger partial charge on any atom is -0.493 e. The van der Waals surface area contributed by atoms with Gasteiger partial charge in [0.15, 0.2) is 11.5 Å². The largest absolute Gasteiger partial charge is 0.493 e. The number of carbonyl (C=O) groups is 1. The van der Waals surface area contributed by atoms with E-state index < -0.39 is 18.1 Å². The minimum atomic E-state index is -0.986. The molecule has 12 heteroatoms. The molecule has 1 atom stereocenters. The highest BCUT2D eigenvalue weighted by molar-refractivity contribution is 5.82. The van der Waals surface area contributed by atoms with Crippen LogP contribution in [-0.4, -0.2) is 47.5 Å². The zero-order valence-electron chi connectivity index (χ0n) is 24.3. The Morgan fingerprint density at radius 3 is 2.41 bits per heavy atom. The molecule has 0 saturated heterocycles. The number of hydrazine groups is 1. The lowest BCUT2D eigenvalue weighted by Gasteiger charge is -2.25. The summed E-state index contributed by atoms with van der Waals surface area (Å²) in [6, 6.07) is 8.97. The van der Waals surface area contributed by atoms with Gasteiger partial charge in [-0.15, -0.1) is 0 Å². The van der Waals surface area contributed by atoms with Crippen molar-refractivity contribution in [2.75, 3.05) is 20.3 Å². The molecule has 0 bridgehead atoms. The maximum Gasteiger partial charge on any atom is 0.330 e. The fourth-order valence-electron chi connectivity index (χ4n) is 5.30. The first-order valence-electron chi connectivity index (χ1n) is 13.7. The van der Waals surface area contributed by atoms with Crippen molar-refractivity contribution in [3.05, 3.63) is 68.6 Å². The molecule has 220 valence electrons. The highest BCUT2D eigenvalue weighted by Crippen LogP contribution is 2.37. The Labute approximate surface area is 239 Å². The van der Waals surface area contributed by atoms with E-state index in [4.69, 9.17) is 31.8 Å². The van der Waals surface area contributed by atoms with Crippen LogP contribution in [0.25, 0.3) is 11.3 Å². The van der Waals surface area contributed by atoms with Crippen LogP contribution in [0.15, 0.2) is 40.1 Å². The standard InChI is InChI=1S/C29H40N8O4/c1-6-41-23-13-19-7-9-36-21(20(19)14-22(23)40-5)15-24(34-25-17(3)11-16(2)12-18(25)4)37(29(36)39)10-8-33-28(38)26(35-32)27(30)31/h11-15,26-27,35H,6-10,30-32H2,1-5H3,(H,33,38)/b34-24+. The number of benzene rings is 2. The van der Waals surface area contributed by atoms with E-state index in [0.717, 1.165) is 39.2 Å². The maximum atomic E-state index is 14.0.